The van der Waals surface area contributed by atoms with Crippen molar-refractivity contribution in [1.82, 2.24) is 30.2 Å². The minimum Gasteiger partial charge on any atom is -0.341 e. The Kier molecular flexibility index (Phi) is 8.70. The zero-order chi connectivity index (χ0) is 27.4. The van der Waals surface area contributed by atoms with Crippen molar-refractivity contribution in [1.29, 1.82) is 0 Å². The topological polar surface area (TPSA) is 69.7 Å². The maximum Gasteiger partial charge on any atom is 0.121 e. The zero-order valence-electron chi connectivity index (χ0n) is 23.5. The molecule has 0 amide bonds. The van der Waals surface area contributed by atoms with Gasteiger partial charge < -0.3 is 10.3 Å². The molecule has 0 aliphatic heterocycles. The summed E-state index contributed by atoms with van der Waals surface area (Å²) in [6, 6.07) is 32.4. The smallest absolute Gasteiger partial charge is 0.121 e. The summed E-state index contributed by atoms with van der Waals surface area (Å²) in [5.41, 5.74) is 8.31. The van der Waals surface area contributed by atoms with Crippen LogP contribution in [0.15, 0.2) is 103 Å². The number of pyridine rings is 2. The molecule has 1 atom stereocenters. The van der Waals surface area contributed by atoms with E-state index in [1.807, 2.05) is 18.5 Å². The quantitative estimate of drug-likeness (QED) is 0.176. The van der Waals surface area contributed by atoms with Crippen molar-refractivity contribution in [3.8, 4) is 0 Å². The second kappa shape index (κ2) is 12.9. The summed E-state index contributed by atoms with van der Waals surface area (Å²) in [7, 11) is 0. The molecule has 7 rings (SSSR count). The molecule has 6 nitrogen and oxygen atoms in total. The Morgan fingerprint density at radius 3 is 2.50 bits per heavy atom. The van der Waals surface area contributed by atoms with Crippen molar-refractivity contribution in [3.05, 3.63) is 137 Å². The molecular weight excluding hydrogens is 584 g/mol. The van der Waals surface area contributed by atoms with Gasteiger partial charge in [0.05, 0.1) is 35.0 Å². The first-order chi connectivity index (χ1) is 20.3. The molecule has 0 spiro atoms. The van der Waals surface area contributed by atoms with Crippen LogP contribution in [0.25, 0.3) is 21.8 Å². The minimum absolute atomic E-state index is 0. The van der Waals surface area contributed by atoms with Crippen LogP contribution < -0.4 is 5.32 Å². The highest BCUT2D eigenvalue weighted by Crippen LogP contribution is 2.34. The molecule has 212 valence electrons. The Balaban J connectivity index is 0.00000316. The summed E-state index contributed by atoms with van der Waals surface area (Å²) in [5, 5.41) is 5.96. The first-order valence-electron chi connectivity index (χ1n) is 14.5. The summed E-state index contributed by atoms with van der Waals surface area (Å²) in [4.78, 5) is 20.5. The number of aryl methyl sites for hydroxylation is 1. The van der Waals surface area contributed by atoms with E-state index in [0.29, 0.717) is 0 Å². The van der Waals surface area contributed by atoms with E-state index >= 15 is 0 Å². The second-order valence-corrected chi connectivity index (χ2v) is 11.0. The monoisotopic (exact) mass is 618 g/mol. The summed E-state index contributed by atoms with van der Waals surface area (Å²) in [5.74, 6) is 0.998. The van der Waals surface area contributed by atoms with Crippen LogP contribution in [-0.4, -0.2) is 24.8 Å². The molecule has 1 aliphatic rings. The van der Waals surface area contributed by atoms with Gasteiger partial charge in [-0.15, -0.1) is 17.0 Å². The maximum absolute atomic E-state index is 4.90. The number of hydrogen-bond donors (Lipinski definition) is 2. The van der Waals surface area contributed by atoms with E-state index in [2.05, 4.69) is 105 Å². The van der Waals surface area contributed by atoms with Crippen LogP contribution in [0, 0.1) is 0 Å². The number of imidazole rings is 1. The van der Waals surface area contributed by atoms with Gasteiger partial charge in [-0.3, -0.25) is 14.9 Å². The Morgan fingerprint density at radius 2 is 1.62 bits per heavy atom. The lowest BCUT2D eigenvalue weighted by Crippen LogP contribution is -2.31. The molecule has 6 aromatic rings. The predicted molar refractivity (Wildman–Crippen MR) is 174 cm³/mol. The molecule has 3 aromatic carbocycles. The highest BCUT2D eigenvalue weighted by Gasteiger charge is 2.28. The third-order valence-electron chi connectivity index (χ3n) is 8.13. The Morgan fingerprint density at radius 1 is 0.810 bits per heavy atom. The number of para-hydroxylation sites is 2. The molecule has 42 heavy (non-hydrogen) atoms. The number of halogens is 1. The number of fused-ring (bicyclic) bond motifs is 3. The molecule has 1 aliphatic carbocycles. The molecule has 0 radical (unpaired) electrons. The van der Waals surface area contributed by atoms with Gasteiger partial charge in [0.15, 0.2) is 0 Å². The molecule has 0 saturated carbocycles. The van der Waals surface area contributed by atoms with Gasteiger partial charge in [-0.25, -0.2) is 4.98 Å². The Bertz CT molecular complexity index is 1750. The van der Waals surface area contributed by atoms with Crippen molar-refractivity contribution < 1.29 is 0 Å². The average Bonchev–Trinajstić information content (AvgIpc) is 3.44. The molecule has 3 heterocycles. The largest absolute Gasteiger partial charge is 0.341 e. The van der Waals surface area contributed by atoms with E-state index in [4.69, 9.17) is 9.97 Å². The highest BCUT2D eigenvalue weighted by atomic mass is 79.9. The normalized spacial score (nSPS) is 14.6. The van der Waals surface area contributed by atoms with Crippen LogP contribution >= 0.6 is 17.0 Å². The van der Waals surface area contributed by atoms with Gasteiger partial charge in [0.1, 0.15) is 5.82 Å². The molecule has 3 aromatic heterocycles. The lowest BCUT2D eigenvalue weighted by Gasteiger charge is -2.34. The lowest BCUT2D eigenvalue weighted by atomic mass is 9.90. The number of H-pyrrole nitrogens is 1. The predicted octanol–water partition coefficient (Wildman–Crippen LogP) is 7.45. The van der Waals surface area contributed by atoms with Gasteiger partial charge in [0.2, 0.25) is 0 Å². The van der Waals surface area contributed by atoms with Crippen LogP contribution in [0.4, 0.5) is 0 Å². The number of aromatic nitrogens is 4. The Hall–Kier alpha value is -3.91. The molecule has 0 bridgehead atoms. The number of nitrogens with one attached hydrogen (secondary N) is 2. The number of nitrogens with zero attached hydrogens (tertiary/aromatic N) is 4. The van der Waals surface area contributed by atoms with Crippen LogP contribution in [-0.2, 0) is 32.6 Å². The fourth-order valence-corrected chi connectivity index (χ4v) is 6.05. The van der Waals surface area contributed by atoms with Crippen LogP contribution in [0.1, 0.15) is 52.8 Å². The fraction of sp³-hybridized carbons (Fsp3) is 0.229. The second-order valence-electron chi connectivity index (χ2n) is 11.0. The molecule has 2 N–H and O–H groups in total. The molecule has 0 fully saturated rings. The first kappa shape index (κ1) is 28.2. The minimum atomic E-state index is 0. The van der Waals surface area contributed by atoms with Crippen molar-refractivity contribution in [2.75, 3.05) is 0 Å². The van der Waals surface area contributed by atoms with E-state index in [9.17, 15) is 0 Å². The van der Waals surface area contributed by atoms with Crippen LogP contribution in [0.2, 0.25) is 0 Å². The van der Waals surface area contributed by atoms with Crippen molar-refractivity contribution in [2.24, 2.45) is 0 Å². The number of benzene rings is 3. The van der Waals surface area contributed by atoms with Gasteiger partial charge in [0, 0.05) is 37.4 Å². The molecule has 1 unspecified atom stereocenters. The average molecular weight is 620 g/mol. The van der Waals surface area contributed by atoms with Gasteiger partial charge in [0.25, 0.3) is 0 Å². The van der Waals surface area contributed by atoms with Crippen LogP contribution in [0.3, 0.4) is 0 Å². The van der Waals surface area contributed by atoms with E-state index in [-0.39, 0.29) is 23.0 Å². The fourth-order valence-electron chi connectivity index (χ4n) is 6.05. The molecule has 7 heteroatoms. The SMILES string of the molecule is Br.c1cnc2c(c1)CCCC2N(Cc1ccc(CNCc2cc3ccccc3cn2)cc1)Cc1nc2ccccc2[nH]1. The first-order valence-corrected chi connectivity index (χ1v) is 14.5. The Labute approximate surface area is 257 Å². The summed E-state index contributed by atoms with van der Waals surface area (Å²) in [6.45, 7) is 3.13. The highest BCUT2D eigenvalue weighted by molar-refractivity contribution is 8.93. The van der Waals surface area contributed by atoms with Crippen molar-refractivity contribution in [2.45, 2.75) is 51.5 Å². The summed E-state index contributed by atoms with van der Waals surface area (Å²) >= 11 is 0. The maximum atomic E-state index is 4.90. The van der Waals surface area contributed by atoms with E-state index < -0.39 is 0 Å². The molecule has 0 saturated heterocycles. The van der Waals surface area contributed by atoms with Crippen molar-refractivity contribution >= 4 is 38.8 Å². The number of aromatic amines is 1. The van der Waals surface area contributed by atoms with Gasteiger partial charge in [-0.1, -0.05) is 66.7 Å². The zero-order valence-corrected chi connectivity index (χ0v) is 25.3. The summed E-state index contributed by atoms with van der Waals surface area (Å²) in [6.07, 6.45) is 7.28. The van der Waals surface area contributed by atoms with E-state index in [0.717, 1.165) is 61.6 Å². The van der Waals surface area contributed by atoms with Crippen LogP contribution in [0.5, 0.6) is 0 Å². The van der Waals surface area contributed by atoms with Crippen molar-refractivity contribution in [3.63, 3.8) is 0 Å². The third-order valence-corrected chi connectivity index (χ3v) is 8.13. The standard InChI is InChI=1S/C35H34N6.BrH/c1-2-8-29-21-38-30(19-28(29)7-1)22-36-20-25-14-16-26(17-15-25)23-41(24-34-39-31-11-3-4-12-32(31)40-34)33-13-5-9-27-10-6-18-37-35(27)33;/h1-4,6-8,10-12,14-19,21,33,36H,5,9,13,20,22-24H2,(H,39,40);1H. The van der Waals surface area contributed by atoms with E-state index in [1.165, 1.54) is 39.6 Å². The van der Waals surface area contributed by atoms with Gasteiger partial charge in [-0.05, 0) is 65.6 Å². The van der Waals surface area contributed by atoms with Gasteiger partial charge in [-0.2, -0.15) is 0 Å². The van der Waals surface area contributed by atoms with Gasteiger partial charge >= 0.3 is 0 Å². The number of rotatable bonds is 9. The molecular formula is C35H35BrN6. The number of hydrogen-bond acceptors (Lipinski definition) is 5. The van der Waals surface area contributed by atoms with E-state index in [1.54, 1.807) is 0 Å². The lowest BCUT2D eigenvalue weighted by molar-refractivity contribution is 0.153. The summed E-state index contributed by atoms with van der Waals surface area (Å²) < 4.78 is 0. The third kappa shape index (κ3) is 6.28.